The number of piperidine rings is 1. The molecule has 0 bridgehead atoms. The van der Waals surface area contributed by atoms with Gasteiger partial charge in [0, 0.05) is 24.3 Å². The van der Waals surface area contributed by atoms with Crippen molar-refractivity contribution in [1.29, 1.82) is 0 Å². The highest BCUT2D eigenvalue weighted by molar-refractivity contribution is 7.13. The molecule has 0 spiro atoms. The zero-order valence-corrected chi connectivity index (χ0v) is 23.3. The van der Waals surface area contributed by atoms with Gasteiger partial charge < -0.3 is 15.5 Å². The molecule has 2 amide bonds. The van der Waals surface area contributed by atoms with Crippen LogP contribution < -0.4 is 10.6 Å². The van der Waals surface area contributed by atoms with Gasteiger partial charge in [0.1, 0.15) is 0 Å². The van der Waals surface area contributed by atoms with Crippen LogP contribution in [0.3, 0.4) is 0 Å². The van der Waals surface area contributed by atoms with Crippen LogP contribution in [0.4, 0.5) is 31.5 Å². The largest absolute Gasteiger partial charge is 0.416 e. The van der Waals surface area contributed by atoms with E-state index in [0.717, 1.165) is 25.9 Å². The number of carbonyl (C=O) groups excluding carboxylic acids is 2. The summed E-state index contributed by atoms with van der Waals surface area (Å²) in [6.07, 6.45) is -6.94. The van der Waals surface area contributed by atoms with Crippen LogP contribution in [0, 0.1) is 5.92 Å². The molecule has 3 aromatic rings. The van der Waals surface area contributed by atoms with Gasteiger partial charge in [-0.3, -0.25) is 9.59 Å². The summed E-state index contributed by atoms with van der Waals surface area (Å²) in [5, 5.41) is 7.03. The maximum Gasteiger partial charge on any atom is 0.416 e. The lowest BCUT2D eigenvalue weighted by molar-refractivity contribution is -0.143. The molecule has 0 aliphatic carbocycles. The Morgan fingerprint density at radius 1 is 1.02 bits per heavy atom. The zero-order chi connectivity index (χ0) is 30.3. The maximum atomic E-state index is 13.3. The van der Waals surface area contributed by atoms with E-state index in [1.165, 1.54) is 16.9 Å². The predicted molar refractivity (Wildman–Crippen MR) is 147 cm³/mol. The summed E-state index contributed by atoms with van der Waals surface area (Å²) in [7, 11) is 0. The second kappa shape index (κ2) is 13.7. The molecule has 1 aromatic heterocycles. The number of alkyl halides is 6. The van der Waals surface area contributed by atoms with Gasteiger partial charge in [-0.15, -0.1) is 11.3 Å². The van der Waals surface area contributed by atoms with Gasteiger partial charge in [-0.2, -0.15) is 26.3 Å². The minimum atomic E-state index is -4.98. The number of thiazole rings is 1. The Kier molecular flexibility index (Phi) is 10.3. The normalized spacial score (nSPS) is 15.8. The second-order valence-corrected chi connectivity index (χ2v) is 11.1. The highest BCUT2D eigenvalue weighted by Crippen LogP contribution is 2.36. The van der Waals surface area contributed by atoms with Crippen LogP contribution in [-0.4, -0.2) is 41.8 Å². The molecule has 2 aromatic carbocycles. The first-order valence-corrected chi connectivity index (χ1v) is 14.3. The van der Waals surface area contributed by atoms with Crippen molar-refractivity contribution in [2.75, 3.05) is 25.0 Å². The molecule has 1 saturated heterocycles. The third kappa shape index (κ3) is 8.78. The summed E-state index contributed by atoms with van der Waals surface area (Å²) >= 11 is 1.18. The van der Waals surface area contributed by atoms with Crippen molar-refractivity contribution < 1.29 is 35.9 Å². The first kappa shape index (κ1) is 31.5. The van der Waals surface area contributed by atoms with Crippen LogP contribution in [0.25, 0.3) is 0 Å². The molecular weight excluding hydrogens is 582 g/mol. The number of likely N-dealkylation sites (tertiary alicyclic amines) is 1. The van der Waals surface area contributed by atoms with Crippen LogP contribution in [0.2, 0.25) is 0 Å². The molecule has 226 valence electrons. The molecule has 2 N–H and O–H groups in total. The van der Waals surface area contributed by atoms with Crippen molar-refractivity contribution in [1.82, 2.24) is 15.2 Å². The first-order chi connectivity index (χ1) is 19.9. The third-order valence-electron chi connectivity index (χ3n) is 7.33. The first-order valence-electron chi connectivity index (χ1n) is 13.4. The number of amides is 2. The number of anilines is 1. The Hall–Kier alpha value is -3.45. The topological polar surface area (TPSA) is 74.3 Å². The van der Waals surface area contributed by atoms with Gasteiger partial charge in [-0.1, -0.05) is 30.3 Å². The Labute approximate surface area is 243 Å². The highest BCUT2D eigenvalue weighted by atomic mass is 32.1. The molecule has 1 aliphatic heterocycles. The lowest BCUT2D eigenvalue weighted by Gasteiger charge is -2.33. The molecule has 1 atom stereocenters. The number of halogens is 6. The fourth-order valence-corrected chi connectivity index (χ4v) is 5.79. The number of rotatable bonds is 11. The third-order valence-corrected chi connectivity index (χ3v) is 8.15. The van der Waals surface area contributed by atoms with E-state index in [4.69, 9.17) is 0 Å². The van der Waals surface area contributed by atoms with E-state index in [1.807, 2.05) is 18.2 Å². The molecule has 0 radical (unpaired) electrons. The van der Waals surface area contributed by atoms with Gasteiger partial charge >= 0.3 is 12.4 Å². The lowest BCUT2D eigenvalue weighted by atomic mass is 9.89. The van der Waals surface area contributed by atoms with Crippen molar-refractivity contribution in [2.24, 2.45) is 5.92 Å². The molecular formula is C29H30F6N4O2S. The number of benzene rings is 2. The number of nitrogens with one attached hydrogen (secondary N) is 2. The van der Waals surface area contributed by atoms with Gasteiger partial charge in [0.05, 0.1) is 16.8 Å². The predicted octanol–water partition coefficient (Wildman–Crippen LogP) is 6.49. The molecule has 1 unspecified atom stereocenters. The number of hydrogen-bond acceptors (Lipinski definition) is 5. The Morgan fingerprint density at radius 2 is 1.67 bits per heavy atom. The van der Waals surface area contributed by atoms with E-state index in [2.05, 4.69) is 32.7 Å². The molecule has 0 saturated carbocycles. The van der Waals surface area contributed by atoms with Crippen LogP contribution >= 0.6 is 11.3 Å². The monoisotopic (exact) mass is 612 g/mol. The van der Waals surface area contributed by atoms with Gasteiger partial charge in [-0.05, 0) is 74.1 Å². The van der Waals surface area contributed by atoms with Gasteiger partial charge in [0.2, 0.25) is 12.3 Å². The minimum absolute atomic E-state index is 0.0578. The van der Waals surface area contributed by atoms with Crippen molar-refractivity contribution in [3.63, 3.8) is 0 Å². The van der Waals surface area contributed by atoms with Gasteiger partial charge in [0.15, 0.2) is 5.13 Å². The van der Waals surface area contributed by atoms with Gasteiger partial charge in [-0.25, -0.2) is 4.98 Å². The summed E-state index contributed by atoms with van der Waals surface area (Å²) in [5.41, 5.74) is -1.34. The van der Waals surface area contributed by atoms with Crippen molar-refractivity contribution in [3.8, 4) is 0 Å². The maximum absolute atomic E-state index is 13.3. The lowest BCUT2D eigenvalue weighted by Crippen LogP contribution is -2.37. The van der Waals surface area contributed by atoms with E-state index in [1.54, 1.807) is 5.38 Å². The van der Waals surface area contributed by atoms with Crippen LogP contribution in [0.1, 0.15) is 53.1 Å². The van der Waals surface area contributed by atoms with Crippen LogP contribution in [0.5, 0.6) is 0 Å². The SMILES string of the molecule is O=CNc1nc(CC(CCN2CCC(c3ccccc3)CC2)C(=O)NCc2cc(C(F)(F)F)cc(C(F)(F)F)c2)cs1. The fourth-order valence-electron chi connectivity index (χ4n) is 5.10. The Bertz CT molecular complexity index is 1310. The minimum Gasteiger partial charge on any atom is -0.352 e. The smallest absolute Gasteiger partial charge is 0.352 e. The summed E-state index contributed by atoms with van der Waals surface area (Å²) in [6, 6.07) is 11.5. The Balaban J connectivity index is 1.43. The van der Waals surface area contributed by atoms with E-state index >= 15 is 0 Å². The number of carbonyl (C=O) groups is 2. The molecule has 13 heteroatoms. The number of hydrogen-bond donors (Lipinski definition) is 2. The molecule has 4 rings (SSSR count). The molecule has 6 nitrogen and oxygen atoms in total. The van der Waals surface area contributed by atoms with Crippen LogP contribution in [-0.2, 0) is 34.9 Å². The second-order valence-electron chi connectivity index (χ2n) is 10.3. The van der Waals surface area contributed by atoms with E-state index in [9.17, 15) is 35.9 Å². The summed E-state index contributed by atoms with van der Waals surface area (Å²) in [5.74, 6) is -0.691. The summed E-state index contributed by atoms with van der Waals surface area (Å²) < 4.78 is 79.6. The van der Waals surface area contributed by atoms with Crippen molar-refractivity contribution in [2.45, 2.75) is 50.5 Å². The number of nitrogens with zero attached hydrogens (tertiary/aromatic N) is 2. The van der Waals surface area contributed by atoms with E-state index in [-0.39, 0.29) is 18.1 Å². The van der Waals surface area contributed by atoms with Gasteiger partial charge in [0.25, 0.3) is 0 Å². The van der Waals surface area contributed by atoms with E-state index < -0.39 is 41.8 Å². The molecule has 2 heterocycles. The van der Waals surface area contributed by atoms with Crippen molar-refractivity contribution in [3.05, 3.63) is 81.9 Å². The van der Waals surface area contributed by atoms with E-state index in [0.29, 0.717) is 48.3 Å². The average Bonchev–Trinajstić information content (AvgIpc) is 3.40. The quantitative estimate of drug-likeness (QED) is 0.192. The molecule has 42 heavy (non-hydrogen) atoms. The molecule has 1 fully saturated rings. The van der Waals surface area contributed by atoms with Crippen molar-refractivity contribution >= 4 is 28.8 Å². The zero-order valence-electron chi connectivity index (χ0n) is 22.5. The summed E-state index contributed by atoms with van der Waals surface area (Å²) in [6.45, 7) is 1.76. The van der Waals surface area contributed by atoms with Crippen LogP contribution in [0.15, 0.2) is 53.9 Å². The summed E-state index contributed by atoms with van der Waals surface area (Å²) in [4.78, 5) is 30.5. The number of aromatic nitrogens is 1. The Morgan fingerprint density at radius 3 is 2.26 bits per heavy atom. The average molecular weight is 613 g/mol. The standard InChI is InChI=1S/C29H30F6N4O2S/c30-28(31,32)23-12-19(13-24(15-23)29(33,34)35)16-36-26(41)22(14-25-17-42-27(38-25)37-18-40)8-11-39-9-6-21(7-10-39)20-4-2-1-3-5-20/h1-5,12-13,15,17-18,21-22H,6-11,14,16H2,(H,36,41)(H,37,38,40). The molecule has 1 aliphatic rings. The highest BCUT2D eigenvalue weighted by Gasteiger charge is 2.37. The fraction of sp³-hybridized carbons (Fsp3) is 0.414.